The predicted octanol–water partition coefficient (Wildman–Crippen LogP) is 3.13. The Hall–Kier alpha value is -1.44. The third-order valence-corrected chi connectivity index (χ3v) is 3.09. The highest BCUT2D eigenvalue weighted by Gasteiger charge is 2.11. The zero-order valence-corrected chi connectivity index (χ0v) is 16.8. The van der Waals surface area contributed by atoms with Gasteiger partial charge in [0.1, 0.15) is 0 Å². The van der Waals surface area contributed by atoms with E-state index in [0.717, 1.165) is 48.1 Å². The minimum Gasteiger partial charge on any atom is -0.493 e. The Morgan fingerprint density at radius 3 is 2.30 bits per heavy atom. The van der Waals surface area contributed by atoms with Crippen LogP contribution in [0.4, 0.5) is 0 Å². The van der Waals surface area contributed by atoms with E-state index in [0.29, 0.717) is 6.54 Å². The number of guanidine groups is 1. The van der Waals surface area contributed by atoms with Crippen LogP contribution in [0, 0.1) is 0 Å². The van der Waals surface area contributed by atoms with E-state index in [-0.39, 0.29) is 24.0 Å². The number of nitrogens with one attached hydrogen (secondary N) is 2. The first-order chi connectivity index (χ1) is 10.7. The van der Waals surface area contributed by atoms with Gasteiger partial charge in [0, 0.05) is 18.7 Å². The molecule has 5 nitrogen and oxygen atoms in total. The summed E-state index contributed by atoms with van der Waals surface area (Å²) < 4.78 is 10.9. The first-order valence-electron chi connectivity index (χ1n) is 7.56. The molecule has 1 aromatic rings. The Kier molecular flexibility index (Phi) is 11.3. The van der Waals surface area contributed by atoms with Crippen LogP contribution in [0.3, 0.4) is 0 Å². The van der Waals surface area contributed by atoms with Crippen molar-refractivity contribution in [2.24, 2.45) is 4.99 Å². The number of methoxy groups -OCH3 is 2. The summed E-state index contributed by atoms with van der Waals surface area (Å²) in [5.41, 5.74) is 2.12. The number of halogens is 1. The quantitative estimate of drug-likeness (QED) is 0.286. The molecule has 0 aliphatic rings. The Labute approximate surface area is 156 Å². The molecule has 0 atom stereocenters. The van der Waals surface area contributed by atoms with Crippen LogP contribution in [0.2, 0.25) is 0 Å². The SMILES string of the molecule is C=CCc1cc(CN=C(NCC)NCC)cc(OC)c1OC.I. The number of hydrogen-bond acceptors (Lipinski definition) is 3. The summed E-state index contributed by atoms with van der Waals surface area (Å²) in [5.74, 6) is 2.29. The van der Waals surface area contributed by atoms with Crippen molar-refractivity contribution in [3.63, 3.8) is 0 Å². The summed E-state index contributed by atoms with van der Waals surface area (Å²) >= 11 is 0. The molecular weight excluding hydrogens is 405 g/mol. The van der Waals surface area contributed by atoms with Gasteiger partial charge in [-0.2, -0.15) is 0 Å². The number of benzene rings is 1. The molecule has 23 heavy (non-hydrogen) atoms. The van der Waals surface area contributed by atoms with Crippen molar-refractivity contribution in [1.29, 1.82) is 0 Å². The Morgan fingerprint density at radius 2 is 1.83 bits per heavy atom. The fourth-order valence-corrected chi connectivity index (χ4v) is 2.18. The number of allylic oxidation sites excluding steroid dienone is 1. The molecule has 0 unspecified atom stereocenters. The van der Waals surface area contributed by atoms with Gasteiger partial charge in [-0.3, -0.25) is 0 Å². The maximum absolute atomic E-state index is 5.44. The van der Waals surface area contributed by atoms with Crippen LogP contribution in [0.15, 0.2) is 29.8 Å². The molecule has 0 spiro atoms. The van der Waals surface area contributed by atoms with Crippen LogP contribution in [-0.2, 0) is 13.0 Å². The molecule has 0 saturated carbocycles. The van der Waals surface area contributed by atoms with E-state index in [4.69, 9.17) is 9.47 Å². The number of nitrogens with zero attached hydrogens (tertiary/aromatic N) is 1. The van der Waals surface area contributed by atoms with Crippen molar-refractivity contribution in [3.05, 3.63) is 35.9 Å². The van der Waals surface area contributed by atoms with Crippen molar-refractivity contribution in [2.75, 3.05) is 27.3 Å². The summed E-state index contributed by atoms with van der Waals surface area (Å²) in [6.45, 7) is 10.1. The molecule has 6 heteroatoms. The third-order valence-electron chi connectivity index (χ3n) is 3.09. The van der Waals surface area contributed by atoms with Gasteiger partial charge in [-0.05, 0) is 38.0 Å². The number of aliphatic imine (C=N–C) groups is 1. The maximum Gasteiger partial charge on any atom is 0.191 e. The van der Waals surface area contributed by atoms with E-state index in [1.165, 1.54) is 0 Å². The largest absolute Gasteiger partial charge is 0.493 e. The van der Waals surface area contributed by atoms with Crippen molar-refractivity contribution >= 4 is 29.9 Å². The topological polar surface area (TPSA) is 54.9 Å². The lowest BCUT2D eigenvalue weighted by Crippen LogP contribution is -2.36. The van der Waals surface area contributed by atoms with Crippen LogP contribution in [0.1, 0.15) is 25.0 Å². The fourth-order valence-electron chi connectivity index (χ4n) is 2.18. The van der Waals surface area contributed by atoms with Gasteiger partial charge in [-0.1, -0.05) is 6.08 Å². The second-order valence-corrected chi connectivity index (χ2v) is 4.71. The van der Waals surface area contributed by atoms with Crippen LogP contribution < -0.4 is 20.1 Å². The summed E-state index contributed by atoms with van der Waals surface area (Å²) in [7, 11) is 3.29. The highest BCUT2D eigenvalue weighted by Crippen LogP contribution is 2.33. The first kappa shape index (κ1) is 21.6. The van der Waals surface area contributed by atoms with Crippen LogP contribution in [0.5, 0.6) is 11.5 Å². The minimum atomic E-state index is 0. The van der Waals surface area contributed by atoms with E-state index >= 15 is 0 Å². The van der Waals surface area contributed by atoms with Gasteiger partial charge >= 0.3 is 0 Å². The second kappa shape index (κ2) is 12.0. The molecule has 130 valence electrons. The van der Waals surface area contributed by atoms with Crippen molar-refractivity contribution < 1.29 is 9.47 Å². The van der Waals surface area contributed by atoms with Crippen LogP contribution in [-0.4, -0.2) is 33.3 Å². The third kappa shape index (κ3) is 6.68. The second-order valence-electron chi connectivity index (χ2n) is 4.71. The van der Waals surface area contributed by atoms with Gasteiger partial charge in [0.05, 0.1) is 20.8 Å². The molecule has 0 radical (unpaired) electrons. The molecule has 0 aliphatic heterocycles. The highest BCUT2D eigenvalue weighted by molar-refractivity contribution is 14.0. The van der Waals surface area contributed by atoms with Gasteiger partial charge in [0.15, 0.2) is 17.5 Å². The Balaban J connectivity index is 0.00000484. The Bertz CT molecular complexity index is 511. The highest BCUT2D eigenvalue weighted by atomic mass is 127. The molecule has 1 rings (SSSR count). The fraction of sp³-hybridized carbons (Fsp3) is 0.471. The van der Waals surface area contributed by atoms with Crippen molar-refractivity contribution in [1.82, 2.24) is 10.6 Å². The summed E-state index contributed by atoms with van der Waals surface area (Å²) in [6.07, 6.45) is 2.58. The molecular formula is C17H28IN3O2. The minimum absolute atomic E-state index is 0. The number of hydrogen-bond donors (Lipinski definition) is 2. The summed E-state index contributed by atoms with van der Waals surface area (Å²) in [6, 6.07) is 4.05. The zero-order valence-electron chi connectivity index (χ0n) is 14.4. The van der Waals surface area contributed by atoms with Gasteiger partial charge in [-0.25, -0.2) is 4.99 Å². The molecule has 0 fully saturated rings. The summed E-state index contributed by atoms with van der Waals surface area (Å²) in [4.78, 5) is 4.58. The first-order valence-corrected chi connectivity index (χ1v) is 7.56. The molecule has 0 saturated heterocycles. The lowest BCUT2D eigenvalue weighted by Gasteiger charge is -2.14. The molecule has 0 bridgehead atoms. The predicted molar refractivity (Wildman–Crippen MR) is 107 cm³/mol. The summed E-state index contributed by atoms with van der Waals surface area (Å²) in [5, 5.41) is 6.42. The van der Waals surface area contributed by atoms with Crippen LogP contribution >= 0.6 is 24.0 Å². The van der Waals surface area contributed by atoms with E-state index < -0.39 is 0 Å². The molecule has 0 aliphatic carbocycles. The molecule has 1 aromatic carbocycles. The van der Waals surface area contributed by atoms with Crippen LogP contribution in [0.25, 0.3) is 0 Å². The lowest BCUT2D eigenvalue weighted by molar-refractivity contribution is 0.352. The van der Waals surface area contributed by atoms with Crippen molar-refractivity contribution in [2.45, 2.75) is 26.8 Å². The Morgan fingerprint density at radius 1 is 1.17 bits per heavy atom. The average molecular weight is 433 g/mol. The molecule has 0 amide bonds. The molecule has 2 N–H and O–H groups in total. The van der Waals surface area contributed by atoms with E-state index in [1.54, 1.807) is 14.2 Å². The van der Waals surface area contributed by atoms with E-state index in [1.807, 2.05) is 26.0 Å². The van der Waals surface area contributed by atoms with Gasteiger partial charge in [-0.15, -0.1) is 30.6 Å². The van der Waals surface area contributed by atoms with E-state index in [9.17, 15) is 0 Å². The van der Waals surface area contributed by atoms with Gasteiger partial charge < -0.3 is 20.1 Å². The zero-order chi connectivity index (χ0) is 16.4. The monoisotopic (exact) mass is 433 g/mol. The standard InChI is InChI=1S/C17H27N3O2.HI/c1-6-9-14-10-13(11-15(21-4)16(14)22-5)12-20-17(18-7-2)19-8-3;/h6,10-11H,1,7-9,12H2,2-5H3,(H2,18,19,20);1H. The van der Waals surface area contributed by atoms with Gasteiger partial charge in [0.25, 0.3) is 0 Å². The maximum atomic E-state index is 5.44. The average Bonchev–Trinajstić information content (AvgIpc) is 2.52. The number of rotatable bonds is 8. The molecule has 0 aromatic heterocycles. The van der Waals surface area contributed by atoms with Crippen molar-refractivity contribution in [3.8, 4) is 11.5 Å². The normalized spacial score (nSPS) is 9.39. The number of ether oxygens (including phenoxy) is 2. The van der Waals surface area contributed by atoms with E-state index in [2.05, 4.69) is 28.3 Å². The smallest absolute Gasteiger partial charge is 0.191 e. The molecule has 0 heterocycles. The lowest BCUT2D eigenvalue weighted by atomic mass is 10.1. The van der Waals surface area contributed by atoms with Gasteiger partial charge in [0.2, 0.25) is 0 Å².